The Bertz CT molecular complexity index is 748. The summed E-state index contributed by atoms with van der Waals surface area (Å²) in [6.45, 7) is 2.01. The van der Waals surface area contributed by atoms with Gasteiger partial charge in [0.05, 0.1) is 5.54 Å². The molecule has 1 aromatic carbocycles. The van der Waals surface area contributed by atoms with Gasteiger partial charge in [0.25, 0.3) is 0 Å². The lowest BCUT2D eigenvalue weighted by Gasteiger charge is -2.39. The third-order valence-electron chi connectivity index (χ3n) is 5.25. The number of rotatable bonds is 6. The predicted molar refractivity (Wildman–Crippen MR) is 98.3 cm³/mol. The van der Waals surface area contributed by atoms with E-state index in [0.717, 1.165) is 49.0 Å². The molecule has 1 heterocycles. The molecule has 0 bridgehead atoms. The van der Waals surface area contributed by atoms with Gasteiger partial charge >= 0.3 is 0 Å². The van der Waals surface area contributed by atoms with Crippen LogP contribution < -0.4 is 10.8 Å². The zero-order valence-corrected chi connectivity index (χ0v) is 15.0. The molecule has 4 N–H and O–H groups in total. The lowest BCUT2D eigenvalue weighted by atomic mass is 9.76. The SMILES string of the molecule is CCc1cc(C(O)NO)cnc1NC1(c2cccc(F)c2)CCCCC1. The van der Waals surface area contributed by atoms with E-state index in [9.17, 15) is 9.50 Å². The minimum Gasteiger partial charge on any atom is -0.372 e. The number of hydrogen-bond acceptors (Lipinski definition) is 5. The Morgan fingerprint density at radius 3 is 2.65 bits per heavy atom. The molecule has 140 valence electrons. The van der Waals surface area contributed by atoms with Crippen molar-refractivity contribution in [2.24, 2.45) is 0 Å². The number of halogens is 1. The molecular formula is C20H26FN3O2. The number of aryl methyl sites for hydroxylation is 1. The number of benzene rings is 1. The predicted octanol–water partition coefficient (Wildman–Crippen LogP) is 4.02. The lowest BCUT2D eigenvalue weighted by molar-refractivity contribution is 0.000478. The highest BCUT2D eigenvalue weighted by molar-refractivity contribution is 5.50. The second kappa shape index (κ2) is 8.12. The summed E-state index contributed by atoms with van der Waals surface area (Å²) in [5.74, 6) is 0.512. The van der Waals surface area contributed by atoms with Gasteiger partial charge in [0.15, 0.2) is 6.23 Å². The summed E-state index contributed by atoms with van der Waals surface area (Å²) >= 11 is 0. The summed E-state index contributed by atoms with van der Waals surface area (Å²) < 4.78 is 13.9. The van der Waals surface area contributed by atoms with Gasteiger partial charge in [-0.3, -0.25) is 0 Å². The average Bonchev–Trinajstić information content (AvgIpc) is 2.68. The first-order chi connectivity index (χ1) is 12.6. The molecule has 1 aliphatic rings. The van der Waals surface area contributed by atoms with Crippen LogP contribution in [0.1, 0.15) is 61.9 Å². The molecular weight excluding hydrogens is 333 g/mol. The van der Waals surface area contributed by atoms with E-state index in [1.54, 1.807) is 12.1 Å². The monoisotopic (exact) mass is 359 g/mol. The van der Waals surface area contributed by atoms with E-state index in [1.165, 1.54) is 18.7 Å². The third-order valence-corrected chi connectivity index (χ3v) is 5.25. The van der Waals surface area contributed by atoms with Crippen molar-refractivity contribution in [2.75, 3.05) is 5.32 Å². The first kappa shape index (κ1) is 18.8. The van der Waals surface area contributed by atoms with Crippen LogP contribution in [0, 0.1) is 5.82 Å². The third kappa shape index (κ3) is 3.87. The van der Waals surface area contributed by atoms with Crippen LogP contribution in [-0.4, -0.2) is 15.3 Å². The number of aliphatic hydroxyl groups excluding tert-OH is 1. The summed E-state index contributed by atoms with van der Waals surface area (Å²) in [6.07, 6.45) is 6.27. The number of hydrogen-bond donors (Lipinski definition) is 4. The van der Waals surface area contributed by atoms with Crippen LogP contribution in [0.25, 0.3) is 0 Å². The van der Waals surface area contributed by atoms with Crippen molar-refractivity contribution in [1.29, 1.82) is 0 Å². The molecule has 5 nitrogen and oxygen atoms in total. The summed E-state index contributed by atoms with van der Waals surface area (Å²) in [5, 5.41) is 22.3. The summed E-state index contributed by atoms with van der Waals surface area (Å²) in [5.41, 5.74) is 3.87. The highest BCUT2D eigenvalue weighted by Crippen LogP contribution is 2.40. The molecule has 0 aliphatic heterocycles. The minimum absolute atomic E-state index is 0.231. The van der Waals surface area contributed by atoms with E-state index in [4.69, 9.17) is 5.21 Å². The second-order valence-corrected chi connectivity index (χ2v) is 6.94. The van der Waals surface area contributed by atoms with Crippen molar-refractivity contribution in [3.8, 4) is 0 Å². The van der Waals surface area contributed by atoms with Crippen LogP contribution in [0.15, 0.2) is 36.5 Å². The topological polar surface area (TPSA) is 77.4 Å². The molecule has 1 atom stereocenters. The molecule has 1 saturated carbocycles. The van der Waals surface area contributed by atoms with E-state index in [-0.39, 0.29) is 11.4 Å². The molecule has 2 aromatic rings. The van der Waals surface area contributed by atoms with Gasteiger partial charge in [0.1, 0.15) is 11.6 Å². The number of hydroxylamine groups is 1. The van der Waals surface area contributed by atoms with E-state index >= 15 is 0 Å². The average molecular weight is 359 g/mol. The Balaban J connectivity index is 1.97. The first-order valence-corrected chi connectivity index (χ1v) is 9.19. The lowest BCUT2D eigenvalue weighted by Crippen LogP contribution is -2.38. The van der Waals surface area contributed by atoms with Crippen LogP contribution in [0.3, 0.4) is 0 Å². The number of aliphatic hydroxyl groups is 1. The van der Waals surface area contributed by atoms with Crippen molar-refractivity contribution in [3.63, 3.8) is 0 Å². The van der Waals surface area contributed by atoms with Crippen LogP contribution in [0.5, 0.6) is 0 Å². The Morgan fingerprint density at radius 1 is 1.23 bits per heavy atom. The fourth-order valence-electron chi connectivity index (χ4n) is 3.79. The van der Waals surface area contributed by atoms with Crippen LogP contribution in [0.4, 0.5) is 10.2 Å². The van der Waals surface area contributed by atoms with Crippen molar-refractivity contribution in [2.45, 2.75) is 57.2 Å². The zero-order valence-electron chi connectivity index (χ0n) is 15.0. The van der Waals surface area contributed by atoms with Gasteiger partial charge in [-0.2, -0.15) is 5.48 Å². The van der Waals surface area contributed by atoms with Gasteiger partial charge in [-0.05, 0) is 48.6 Å². The van der Waals surface area contributed by atoms with Gasteiger partial charge in [0, 0.05) is 11.8 Å². The van der Waals surface area contributed by atoms with Crippen molar-refractivity contribution in [3.05, 3.63) is 59.0 Å². The quantitative estimate of drug-likeness (QED) is 0.463. The number of nitrogens with zero attached hydrogens (tertiary/aromatic N) is 1. The van der Waals surface area contributed by atoms with Gasteiger partial charge in [-0.1, -0.05) is 38.3 Å². The fraction of sp³-hybridized carbons (Fsp3) is 0.450. The maximum absolute atomic E-state index is 13.9. The number of pyridine rings is 1. The smallest absolute Gasteiger partial charge is 0.154 e. The Hall–Kier alpha value is -2.02. The molecule has 3 rings (SSSR count). The van der Waals surface area contributed by atoms with Gasteiger partial charge in [0.2, 0.25) is 0 Å². The zero-order chi connectivity index (χ0) is 18.6. The summed E-state index contributed by atoms with van der Waals surface area (Å²) in [4.78, 5) is 4.49. The highest BCUT2D eigenvalue weighted by atomic mass is 19.1. The minimum atomic E-state index is -1.17. The molecule has 0 spiro atoms. The Morgan fingerprint density at radius 2 is 2.00 bits per heavy atom. The maximum Gasteiger partial charge on any atom is 0.154 e. The molecule has 26 heavy (non-hydrogen) atoms. The highest BCUT2D eigenvalue weighted by Gasteiger charge is 2.35. The second-order valence-electron chi connectivity index (χ2n) is 6.94. The van der Waals surface area contributed by atoms with E-state index < -0.39 is 6.23 Å². The van der Waals surface area contributed by atoms with Gasteiger partial charge < -0.3 is 15.6 Å². The molecule has 0 amide bonds. The molecule has 0 radical (unpaired) electrons. The normalized spacial score (nSPS) is 17.7. The van der Waals surface area contributed by atoms with Crippen LogP contribution >= 0.6 is 0 Å². The largest absolute Gasteiger partial charge is 0.372 e. The maximum atomic E-state index is 13.9. The summed E-state index contributed by atoms with van der Waals surface area (Å²) in [7, 11) is 0. The van der Waals surface area contributed by atoms with Crippen molar-refractivity contribution >= 4 is 5.82 Å². The number of anilines is 1. The van der Waals surface area contributed by atoms with Crippen LogP contribution in [-0.2, 0) is 12.0 Å². The van der Waals surface area contributed by atoms with Crippen molar-refractivity contribution in [1.82, 2.24) is 10.5 Å². The first-order valence-electron chi connectivity index (χ1n) is 9.19. The Labute approximate surface area is 153 Å². The number of nitrogens with one attached hydrogen (secondary N) is 2. The van der Waals surface area contributed by atoms with Crippen molar-refractivity contribution < 1.29 is 14.7 Å². The Kier molecular flexibility index (Phi) is 5.86. The number of aromatic nitrogens is 1. The molecule has 1 aliphatic carbocycles. The molecule has 6 heteroatoms. The van der Waals surface area contributed by atoms with E-state index in [2.05, 4.69) is 10.3 Å². The molecule has 0 saturated heterocycles. The van der Waals surface area contributed by atoms with Crippen LogP contribution in [0.2, 0.25) is 0 Å². The van der Waals surface area contributed by atoms with Gasteiger partial charge in [-0.25, -0.2) is 9.37 Å². The van der Waals surface area contributed by atoms with E-state index in [1.807, 2.05) is 24.5 Å². The molecule has 1 fully saturated rings. The fourth-order valence-corrected chi connectivity index (χ4v) is 3.79. The molecule has 1 unspecified atom stereocenters. The summed E-state index contributed by atoms with van der Waals surface area (Å²) in [6, 6.07) is 8.63. The van der Waals surface area contributed by atoms with E-state index in [0.29, 0.717) is 5.56 Å². The standard InChI is InChI=1S/C20H26FN3O2/c1-2-14-11-15(19(25)24-26)13-22-18(14)23-20(9-4-3-5-10-20)16-7-6-8-17(21)12-16/h6-8,11-13,19,24-26H,2-5,9-10H2,1H3,(H,22,23). The van der Waals surface area contributed by atoms with Gasteiger partial charge in [-0.15, -0.1) is 0 Å². The molecule has 1 aromatic heterocycles.